The van der Waals surface area contributed by atoms with Crippen molar-refractivity contribution in [3.8, 4) is 11.4 Å². The van der Waals surface area contributed by atoms with Crippen LogP contribution >= 0.6 is 0 Å². The topological polar surface area (TPSA) is 65.4 Å². The highest BCUT2D eigenvalue weighted by Gasteiger charge is 2.20. The molecule has 5 rings (SSSR count). The highest BCUT2D eigenvalue weighted by molar-refractivity contribution is 5.87. The minimum Gasteiger partial charge on any atom is -0.489 e. The Morgan fingerprint density at radius 2 is 1.91 bits per heavy atom. The van der Waals surface area contributed by atoms with E-state index < -0.39 is 0 Å². The summed E-state index contributed by atoms with van der Waals surface area (Å²) in [6.45, 7) is 2.90. The Kier molecular flexibility index (Phi) is 5.55. The first-order valence-corrected chi connectivity index (χ1v) is 11.1. The maximum atomic E-state index is 12.9. The zero-order valence-corrected chi connectivity index (χ0v) is 18.3. The molecule has 6 heteroatoms. The smallest absolute Gasteiger partial charge is 0.258 e. The number of hydrogen-bond acceptors (Lipinski definition) is 4. The number of benzene rings is 2. The minimum absolute atomic E-state index is 0.111. The van der Waals surface area contributed by atoms with Crippen LogP contribution in [-0.2, 0) is 26.6 Å². The fourth-order valence-corrected chi connectivity index (χ4v) is 4.63. The summed E-state index contributed by atoms with van der Waals surface area (Å²) in [4.78, 5) is 15.1. The fourth-order valence-electron chi connectivity index (χ4n) is 4.63. The molecule has 0 radical (unpaired) electrons. The molecule has 0 spiro atoms. The summed E-state index contributed by atoms with van der Waals surface area (Å²) in [6.07, 6.45) is 3.93. The van der Waals surface area contributed by atoms with E-state index in [0.717, 1.165) is 42.7 Å². The van der Waals surface area contributed by atoms with Gasteiger partial charge in [0.05, 0.1) is 11.2 Å². The van der Waals surface area contributed by atoms with E-state index in [9.17, 15) is 4.79 Å². The Morgan fingerprint density at radius 3 is 2.69 bits per heavy atom. The van der Waals surface area contributed by atoms with Gasteiger partial charge in [-0.3, -0.25) is 14.3 Å². The third-order valence-electron chi connectivity index (χ3n) is 6.37. The first-order chi connectivity index (χ1) is 15.6. The van der Waals surface area contributed by atoms with Gasteiger partial charge < -0.3 is 15.0 Å². The van der Waals surface area contributed by atoms with Gasteiger partial charge in [0.2, 0.25) is 0 Å². The SMILES string of the molecule is Cn1c2c(c3ccc(-n4ccc(OCc5ccccc5)cc4=O)cc31)CN(CN)CCC2. The van der Waals surface area contributed by atoms with E-state index in [1.165, 1.54) is 16.6 Å². The van der Waals surface area contributed by atoms with E-state index in [2.05, 4.69) is 28.6 Å². The lowest BCUT2D eigenvalue weighted by Crippen LogP contribution is -2.29. The molecule has 4 aromatic rings. The summed E-state index contributed by atoms with van der Waals surface area (Å²) in [5.41, 5.74) is 11.6. The summed E-state index contributed by atoms with van der Waals surface area (Å²) in [6, 6.07) is 19.6. The van der Waals surface area contributed by atoms with Gasteiger partial charge in [0, 0.05) is 50.1 Å². The highest BCUT2D eigenvalue weighted by atomic mass is 16.5. The maximum Gasteiger partial charge on any atom is 0.258 e. The van der Waals surface area contributed by atoms with Crippen molar-refractivity contribution in [2.75, 3.05) is 13.2 Å². The summed E-state index contributed by atoms with van der Waals surface area (Å²) >= 11 is 0. The van der Waals surface area contributed by atoms with E-state index in [-0.39, 0.29) is 5.56 Å². The van der Waals surface area contributed by atoms with Crippen molar-refractivity contribution < 1.29 is 4.74 Å². The van der Waals surface area contributed by atoms with Gasteiger partial charge in [0.15, 0.2) is 0 Å². The quantitative estimate of drug-likeness (QED) is 0.528. The predicted octanol–water partition coefficient (Wildman–Crippen LogP) is 3.57. The van der Waals surface area contributed by atoms with Gasteiger partial charge in [-0.15, -0.1) is 0 Å². The molecule has 0 saturated carbocycles. The van der Waals surface area contributed by atoms with E-state index in [0.29, 0.717) is 19.0 Å². The lowest BCUT2D eigenvalue weighted by Gasteiger charge is -2.17. The molecule has 0 aliphatic carbocycles. The van der Waals surface area contributed by atoms with Crippen LogP contribution in [0.5, 0.6) is 5.75 Å². The van der Waals surface area contributed by atoms with E-state index in [1.54, 1.807) is 16.8 Å². The number of pyridine rings is 1. The second-order valence-electron chi connectivity index (χ2n) is 8.37. The van der Waals surface area contributed by atoms with E-state index >= 15 is 0 Å². The van der Waals surface area contributed by atoms with Gasteiger partial charge in [0.25, 0.3) is 5.56 Å². The molecule has 0 atom stereocenters. The van der Waals surface area contributed by atoms with Crippen molar-refractivity contribution in [2.24, 2.45) is 12.8 Å². The lowest BCUT2D eigenvalue weighted by molar-refractivity contribution is 0.278. The van der Waals surface area contributed by atoms with Crippen LogP contribution in [0.15, 0.2) is 71.7 Å². The van der Waals surface area contributed by atoms with Crippen molar-refractivity contribution >= 4 is 10.9 Å². The maximum absolute atomic E-state index is 12.9. The number of hydrogen-bond donors (Lipinski definition) is 1. The van der Waals surface area contributed by atoms with Crippen molar-refractivity contribution in [1.82, 2.24) is 14.0 Å². The van der Waals surface area contributed by atoms with Crippen molar-refractivity contribution in [2.45, 2.75) is 26.0 Å². The first kappa shape index (κ1) is 20.5. The van der Waals surface area contributed by atoms with Crippen molar-refractivity contribution in [3.05, 3.63) is 94.0 Å². The Bertz CT molecular complexity index is 1310. The molecule has 0 fully saturated rings. The average Bonchev–Trinajstić information content (AvgIpc) is 2.96. The minimum atomic E-state index is -0.111. The molecular formula is C26H28N4O2. The highest BCUT2D eigenvalue weighted by Crippen LogP contribution is 2.31. The van der Waals surface area contributed by atoms with Crippen LogP contribution in [0.2, 0.25) is 0 Å². The number of ether oxygens (including phenoxy) is 1. The molecule has 32 heavy (non-hydrogen) atoms. The molecular weight excluding hydrogens is 400 g/mol. The van der Waals surface area contributed by atoms with E-state index in [1.807, 2.05) is 42.5 Å². The number of aromatic nitrogens is 2. The number of aryl methyl sites for hydroxylation is 1. The van der Waals surface area contributed by atoms with E-state index in [4.69, 9.17) is 10.5 Å². The summed E-state index contributed by atoms with van der Waals surface area (Å²) in [5, 5.41) is 1.24. The Hall–Kier alpha value is -3.35. The molecule has 1 aliphatic heterocycles. The van der Waals surface area contributed by atoms with Crippen LogP contribution in [0.4, 0.5) is 0 Å². The molecule has 2 N–H and O–H groups in total. The van der Waals surface area contributed by atoms with Crippen LogP contribution in [0, 0.1) is 0 Å². The van der Waals surface area contributed by atoms with Crippen LogP contribution in [0.1, 0.15) is 23.2 Å². The number of fused-ring (bicyclic) bond motifs is 3. The lowest BCUT2D eigenvalue weighted by atomic mass is 10.1. The Morgan fingerprint density at radius 1 is 1.06 bits per heavy atom. The Balaban J connectivity index is 1.45. The zero-order valence-electron chi connectivity index (χ0n) is 18.3. The summed E-state index contributed by atoms with van der Waals surface area (Å²) in [7, 11) is 2.12. The monoisotopic (exact) mass is 428 g/mol. The molecule has 2 aromatic heterocycles. The van der Waals surface area contributed by atoms with Crippen molar-refractivity contribution in [3.63, 3.8) is 0 Å². The molecule has 6 nitrogen and oxygen atoms in total. The Labute approximate surface area is 187 Å². The molecule has 3 heterocycles. The van der Waals surface area contributed by atoms with Gasteiger partial charge in [0.1, 0.15) is 12.4 Å². The van der Waals surface area contributed by atoms with Crippen LogP contribution in [0.3, 0.4) is 0 Å². The van der Waals surface area contributed by atoms with Crippen LogP contribution in [0.25, 0.3) is 16.6 Å². The summed E-state index contributed by atoms with van der Waals surface area (Å²) in [5.74, 6) is 0.573. The predicted molar refractivity (Wildman–Crippen MR) is 127 cm³/mol. The third kappa shape index (κ3) is 3.83. The van der Waals surface area contributed by atoms with Gasteiger partial charge in [-0.25, -0.2) is 0 Å². The molecule has 1 aliphatic rings. The number of nitrogens with zero attached hydrogens (tertiary/aromatic N) is 3. The van der Waals surface area contributed by atoms with Crippen molar-refractivity contribution in [1.29, 1.82) is 0 Å². The molecule has 0 saturated heterocycles. The van der Waals surface area contributed by atoms with Gasteiger partial charge in [-0.1, -0.05) is 36.4 Å². The number of rotatable bonds is 5. The third-order valence-corrected chi connectivity index (χ3v) is 6.37. The first-order valence-electron chi connectivity index (χ1n) is 11.1. The average molecular weight is 429 g/mol. The molecule has 164 valence electrons. The standard InChI is InChI=1S/C26H28N4O2/c1-28-24-8-5-12-29(18-27)16-23(24)22-10-9-20(14-25(22)28)30-13-11-21(15-26(30)31)32-17-19-6-3-2-4-7-19/h2-4,6-7,9-11,13-15H,5,8,12,16-18,27H2,1H3. The molecule has 0 amide bonds. The van der Waals surface area contributed by atoms with Crippen LogP contribution < -0.4 is 16.0 Å². The van der Waals surface area contributed by atoms with Gasteiger partial charge in [-0.2, -0.15) is 0 Å². The van der Waals surface area contributed by atoms with Crippen LogP contribution in [-0.4, -0.2) is 27.2 Å². The number of nitrogens with two attached hydrogens (primary N) is 1. The fraction of sp³-hybridized carbons (Fsp3) is 0.269. The summed E-state index contributed by atoms with van der Waals surface area (Å²) < 4.78 is 9.75. The van der Waals surface area contributed by atoms with Gasteiger partial charge >= 0.3 is 0 Å². The zero-order chi connectivity index (χ0) is 22.1. The largest absolute Gasteiger partial charge is 0.489 e. The normalized spacial score (nSPS) is 14.3. The molecule has 0 bridgehead atoms. The molecule has 0 unspecified atom stereocenters. The van der Waals surface area contributed by atoms with Gasteiger partial charge in [-0.05, 0) is 42.2 Å². The second kappa shape index (κ2) is 8.65. The molecule has 2 aromatic carbocycles. The second-order valence-corrected chi connectivity index (χ2v) is 8.37.